The fraction of sp³-hybridized carbons (Fsp3) is 0.250. The second kappa shape index (κ2) is 8.64. The molecule has 2 rings (SSSR count). The number of benzene rings is 1. The first-order valence-electron chi connectivity index (χ1n) is 7.40. The predicted octanol–water partition coefficient (Wildman–Crippen LogP) is 3.88. The van der Waals surface area contributed by atoms with Gasteiger partial charge in [-0.1, -0.05) is 30.1 Å². The van der Waals surface area contributed by atoms with Gasteiger partial charge in [-0.3, -0.25) is 14.9 Å². The van der Waals surface area contributed by atoms with Gasteiger partial charge in [0.15, 0.2) is 0 Å². The SMILES string of the molecule is CCC(COc1cnc(Cl)c(Cl)c1)NC(=O)c1ccc([N+](=O)[O-])cc1. The van der Waals surface area contributed by atoms with Crippen LogP contribution in [0.2, 0.25) is 10.2 Å². The zero-order chi connectivity index (χ0) is 18.4. The zero-order valence-electron chi connectivity index (χ0n) is 13.2. The molecule has 0 saturated heterocycles. The van der Waals surface area contributed by atoms with Crippen molar-refractivity contribution in [3.63, 3.8) is 0 Å². The van der Waals surface area contributed by atoms with Crippen LogP contribution in [0.1, 0.15) is 23.7 Å². The van der Waals surface area contributed by atoms with Gasteiger partial charge in [0.25, 0.3) is 11.6 Å². The van der Waals surface area contributed by atoms with Crippen molar-refractivity contribution in [1.82, 2.24) is 10.3 Å². The Labute approximate surface area is 154 Å². The standard InChI is InChI=1S/C16H15Cl2N3O4/c1-2-11(9-25-13-7-14(17)15(18)19-8-13)20-16(22)10-3-5-12(6-4-10)21(23)24/h3-8,11H,2,9H2,1H3,(H,20,22). The molecule has 1 aromatic heterocycles. The van der Waals surface area contributed by atoms with E-state index in [1.165, 1.54) is 30.5 Å². The molecule has 1 amide bonds. The highest BCUT2D eigenvalue weighted by molar-refractivity contribution is 6.41. The lowest BCUT2D eigenvalue weighted by atomic mass is 10.1. The molecule has 132 valence electrons. The van der Waals surface area contributed by atoms with Crippen LogP contribution in [0.25, 0.3) is 0 Å². The Bertz CT molecular complexity index is 768. The number of aromatic nitrogens is 1. The Morgan fingerprint density at radius 1 is 1.36 bits per heavy atom. The molecule has 1 N–H and O–H groups in total. The Morgan fingerprint density at radius 3 is 2.60 bits per heavy atom. The van der Waals surface area contributed by atoms with Crippen LogP contribution in [-0.2, 0) is 0 Å². The van der Waals surface area contributed by atoms with Crippen LogP contribution in [0.4, 0.5) is 5.69 Å². The van der Waals surface area contributed by atoms with E-state index < -0.39 is 4.92 Å². The smallest absolute Gasteiger partial charge is 0.269 e. The lowest BCUT2D eigenvalue weighted by Gasteiger charge is -2.18. The first-order chi connectivity index (χ1) is 11.9. The number of nitro benzene ring substituents is 1. The largest absolute Gasteiger partial charge is 0.490 e. The van der Waals surface area contributed by atoms with E-state index in [1.807, 2.05) is 6.92 Å². The molecule has 0 spiro atoms. The van der Waals surface area contributed by atoms with Gasteiger partial charge in [0, 0.05) is 23.8 Å². The summed E-state index contributed by atoms with van der Waals surface area (Å²) in [5.41, 5.74) is 0.263. The molecule has 0 aliphatic carbocycles. The maximum absolute atomic E-state index is 12.2. The molecule has 0 aliphatic rings. The highest BCUT2D eigenvalue weighted by Gasteiger charge is 2.15. The third kappa shape index (κ3) is 5.30. The first kappa shape index (κ1) is 19.0. The molecule has 9 heteroatoms. The molecule has 1 aromatic carbocycles. The van der Waals surface area contributed by atoms with Crippen LogP contribution < -0.4 is 10.1 Å². The second-order valence-corrected chi connectivity index (χ2v) is 5.90. The molecule has 0 bridgehead atoms. The van der Waals surface area contributed by atoms with Crippen LogP contribution in [0.5, 0.6) is 5.75 Å². The van der Waals surface area contributed by atoms with Gasteiger partial charge in [0.1, 0.15) is 17.5 Å². The molecule has 0 fully saturated rings. The average molecular weight is 384 g/mol. The lowest BCUT2D eigenvalue weighted by Crippen LogP contribution is -2.38. The van der Waals surface area contributed by atoms with Crippen molar-refractivity contribution >= 4 is 34.8 Å². The molecule has 0 saturated carbocycles. The van der Waals surface area contributed by atoms with Gasteiger partial charge in [-0.05, 0) is 18.6 Å². The van der Waals surface area contributed by atoms with Crippen LogP contribution in [-0.4, -0.2) is 28.5 Å². The average Bonchev–Trinajstić information content (AvgIpc) is 2.61. The van der Waals surface area contributed by atoms with Gasteiger partial charge in [-0.15, -0.1) is 0 Å². The Balaban J connectivity index is 1.95. The summed E-state index contributed by atoms with van der Waals surface area (Å²) < 4.78 is 5.57. The van der Waals surface area contributed by atoms with Gasteiger partial charge in [0.2, 0.25) is 0 Å². The number of pyridine rings is 1. The normalized spacial score (nSPS) is 11.6. The quantitative estimate of drug-likeness (QED) is 0.444. The molecule has 1 heterocycles. The molecule has 1 atom stereocenters. The summed E-state index contributed by atoms with van der Waals surface area (Å²) in [6.45, 7) is 2.12. The van der Waals surface area contributed by atoms with Crippen molar-refractivity contribution in [2.24, 2.45) is 0 Å². The number of rotatable bonds is 7. The zero-order valence-corrected chi connectivity index (χ0v) is 14.8. The summed E-state index contributed by atoms with van der Waals surface area (Å²) in [6.07, 6.45) is 2.08. The van der Waals surface area contributed by atoms with Crippen molar-refractivity contribution in [2.45, 2.75) is 19.4 Å². The summed E-state index contributed by atoms with van der Waals surface area (Å²) in [4.78, 5) is 26.2. The predicted molar refractivity (Wildman–Crippen MR) is 94.4 cm³/mol. The first-order valence-corrected chi connectivity index (χ1v) is 8.15. The lowest BCUT2D eigenvalue weighted by molar-refractivity contribution is -0.384. The number of amides is 1. The van der Waals surface area contributed by atoms with Gasteiger partial charge >= 0.3 is 0 Å². The Hall–Kier alpha value is -2.38. The summed E-state index contributed by atoms with van der Waals surface area (Å²) in [5.74, 6) is 0.107. The van der Waals surface area contributed by atoms with E-state index in [9.17, 15) is 14.9 Å². The molecule has 0 radical (unpaired) electrons. The highest BCUT2D eigenvalue weighted by Crippen LogP contribution is 2.23. The molecule has 1 unspecified atom stereocenters. The van der Waals surface area contributed by atoms with E-state index >= 15 is 0 Å². The molecule has 2 aromatic rings. The number of halogens is 2. The monoisotopic (exact) mass is 383 g/mol. The minimum atomic E-state index is -0.518. The molecular formula is C16H15Cl2N3O4. The minimum Gasteiger partial charge on any atom is -0.490 e. The number of nitro groups is 1. The second-order valence-electron chi connectivity index (χ2n) is 5.14. The number of carbonyl (C=O) groups is 1. The molecule has 0 aliphatic heterocycles. The summed E-state index contributed by atoms with van der Waals surface area (Å²) in [6, 6.07) is 6.68. The maximum atomic E-state index is 12.2. The highest BCUT2D eigenvalue weighted by atomic mass is 35.5. The van der Waals surface area contributed by atoms with Crippen LogP contribution in [0, 0.1) is 10.1 Å². The van der Waals surface area contributed by atoms with E-state index in [0.29, 0.717) is 17.7 Å². The van der Waals surface area contributed by atoms with E-state index in [0.717, 1.165) is 0 Å². The van der Waals surface area contributed by atoms with Crippen LogP contribution >= 0.6 is 23.2 Å². The van der Waals surface area contributed by atoms with Gasteiger partial charge in [-0.2, -0.15) is 0 Å². The van der Waals surface area contributed by atoms with Gasteiger partial charge < -0.3 is 10.1 Å². The fourth-order valence-corrected chi connectivity index (χ4v) is 2.20. The van der Waals surface area contributed by atoms with Crippen LogP contribution in [0.3, 0.4) is 0 Å². The number of nitrogens with zero attached hydrogens (tertiary/aromatic N) is 2. The van der Waals surface area contributed by atoms with Crippen LogP contribution in [0.15, 0.2) is 36.5 Å². The summed E-state index contributed by atoms with van der Waals surface area (Å²) >= 11 is 11.6. The van der Waals surface area contributed by atoms with Crippen molar-refractivity contribution in [1.29, 1.82) is 0 Å². The Morgan fingerprint density at radius 2 is 2.04 bits per heavy atom. The minimum absolute atomic E-state index is 0.0703. The van der Waals surface area contributed by atoms with Crippen molar-refractivity contribution < 1.29 is 14.5 Å². The number of non-ortho nitro benzene ring substituents is 1. The van der Waals surface area contributed by atoms with Gasteiger partial charge in [0.05, 0.1) is 22.2 Å². The maximum Gasteiger partial charge on any atom is 0.269 e. The number of nitrogens with one attached hydrogen (secondary N) is 1. The molecular weight excluding hydrogens is 369 g/mol. The fourth-order valence-electron chi connectivity index (χ4n) is 1.94. The molecule has 7 nitrogen and oxygen atoms in total. The topological polar surface area (TPSA) is 94.4 Å². The third-order valence-electron chi connectivity index (χ3n) is 3.39. The summed E-state index contributed by atoms with van der Waals surface area (Å²) in [7, 11) is 0. The number of carbonyl (C=O) groups excluding carboxylic acids is 1. The summed E-state index contributed by atoms with van der Waals surface area (Å²) in [5, 5.41) is 13.9. The van der Waals surface area contributed by atoms with Crippen molar-refractivity contribution in [2.75, 3.05) is 6.61 Å². The number of hydrogen-bond donors (Lipinski definition) is 1. The van der Waals surface area contributed by atoms with E-state index in [-0.39, 0.29) is 34.4 Å². The molecule has 25 heavy (non-hydrogen) atoms. The number of ether oxygens (including phenoxy) is 1. The van der Waals surface area contributed by atoms with E-state index in [2.05, 4.69) is 10.3 Å². The number of hydrogen-bond acceptors (Lipinski definition) is 5. The van der Waals surface area contributed by atoms with Crippen molar-refractivity contribution in [3.05, 3.63) is 62.4 Å². The Kier molecular flexibility index (Phi) is 6.55. The van der Waals surface area contributed by atoms with Gasteiger partial charge in [-0.25, -0.2) is 4.98 Å². The van der Waals surface area contributed by atoms with Crippen molar-refractivity contribution in [3.8, 4) is 5.75 Å². The van der Waals surface area contributed by atoms with E-state index in [4.69, 9.17) is 27.9 Å². The third-order valence-corrected chi connectivity index (χ3v) is 4.08. The van der Waals surface area contributed by atoms with E-state index in [1.54, 1.807) is 6.07 Å².